The van der Waals surface area contributed by atoms with Gasteiger partial charge >= 0.3 is 6.09 Å². The summed E-state index contributed by atoms with van der Waals surface area (Å²) in [5.41, 5.74) is -0.669. The van der Waals surface area contributed by atoms with Gasteiger partial charge in [0, 0.05) is 6.42 Å². The fraction of sp³-hybridized carbons (Fsp3) is 0.909. The molecular weight excluding hydrogens is 277 g/mol. The number of rotatable bonds is 3. The molecule has 1 rings (SSSR count). The predicted octanol–water partition coefficient (Wildman–Crippen LogP) is 1.36. The molecule has 0 aliphatic heterocycles. The van der Waals surface area contributed by atoms with Gasteiger partial charge in [0.1, 0.15) is 11.8 Å². The minimum Gasteiger partial charge on any atom is -0.444 e. The van der Waals surface area contributed by atoms with E-state index in [2.05, 4.69) is 5.32 Å². The van der Waals surface area contributed by atoms with Crippen LogP contribution in [0.5, 0.6) is 0 Å². The first-order valence-corrected chi connectivity index (χ1v) is 7.80. The largest absolute Gasteiger partial charge is 0.444 e. The third-order valence-corrected chi connectivity index (χ3v) is 3.08. The number of hydrogen-bond donors (Lipinski definition) is 1. The van der Waals surface area contributed by atoms with Crippen molar-refractivity contribution in [1.29, 1.82) is 0 Å². The van der Waals surface area contributed by atoms with E-state index in [0.717, 1.165) is 6.26 Å². The number of alkyl halides is 1. The topological polar surface area (TPSA) is 81.7 Å². The van der Waals surface area contributed by atoms with Gasteiger partial charge in [-0.15, -0.1) is 0 Å². The Morgan fingerprint density at radius 1 is 1.32 bits per heavy atom. The summed E-state index contributed by atoms with van der Waals surface area (Å²) in [6.07, 6.45) is -1.86. The van der Waals surface area contributed by atoms with Crippen LogP contribution in [-0.4, -0.2) is 44.7 Å². The first-order valence-electron chi connectivity index (χ1n) is 5.98. The Kier molecular flexibility index (Phi) is 4.78. The zero-order valence-corrected chi connectivity index (χ0v) is 12.3. The van der Waals surface area contributed by atoms with Crippen LogP contribution in [-0.2, 0) is 19.0 Å². The molecule has 0 heterocycles. The van der Waals surface area contributed by atoms with Crippen molar-refractivity contribution in [3.8, 4) is 0 Å². The van der Waals surface area contributed by atoms with E-state index < -0.39 is 40.1 Å². The Morgan fingerprint density at radius 3 is 2.37 bits per heavy atom. The van der Waals surface area contributed by atoms with Crippen LogP contribution in [0.1, 0.15) is 33.6 Å². The lowest BCUT2D eigenvalue weighted by atomic mass is 10.2. The second kappa shape index (κ2) is 5.62. The summed E-state index contributed by atoms with van der Waals surface area (Å²) in [4.78, 5) is 11.5. The van der Waals surface area contributed by atoms with Gasteiger partial charge in [0.15, 0.2) is 0 Å². The lowest BCUT2D eigenvalue weighted by Gasteiger charge is -2.22. The van der Waals surface area contributed by atoms with Gasteiger partial charge in [-0.1, -0.05) is 0 Å². The molecule has 1 saturated carbocycles. The average Bonchev–Trinajstić information content (AvgIpc) is 2.39. The van der Waals surface area contributed by atoms with Gasteiger partial charge in [-0.05, 0) is 27.2 Å². The Balaban J connectivity index is 2.50. The molecule has 3 atom stereocenters. The molecule has 0 aromatic heterocycles. The van der Waals surface area contributed by atoms with Crippen molar-refractivity contribution in [3.05, 3.63) is 0 Å². The van der Waals surface area contributed by atoms with E-state index in [-0.39, 0.29) is 12.8 Å². The monoisotopic (exact) mass is 297 g/mol. The van der Waals surface area contributed by atoms with Crippen LogP contribution < -0.4 is 5.32 Å². The summed E-state index contributed by atoms with van der Waals surface area (Å²) in [6.45, 7) is 5.09. The van der Waals surface area contributed by atoms with Gasteiger partial charge in [0.05, 0.1) is 18.4 Å². The molecule has 1 aliphatic rings. The zero-order chi connectivity index (χ0) is 14.8. The van der Waals surface area contributed by atoms with E-state index >= 15 is 0 Å². The van der Waals surface area contributed by atoms with Crippen LogP contribution in [0.4, 0.5) is 9.18 Å². The Labute approximate surface area is 112 Å². The standard InChI is InChI=1S/C11H20FNO5S/c1-11(2,3)17-10(14)13-9-6-7(5-8(9)12)18-19(4,15)16/h7-9H,5-6H2,1-4H3,(H,13,14)/t7-,8+,9+/m1/s1. The number of amides is 1. The number of carbonyl (C=O) groups excluding carboxylic acids is 1. The number of alkyl carbamates (subject to hydrolysis) is 1. The van der Waals surface area contributed by atoms with Crippen LogP contribution in [0, 0.1) is 0 Å². The molecule has 0 aromatic rings. The summed E-state index contributed by atoms with van der Waals surface area (Å²) in [7, 11) is -3.62. The smallest absolute Gasteiger partial charge is 0.407 e. The number of ether oxygens (including phenoxy) is 1. The van der Waals surface area contributed by atoms with Crippen molar-refractivity contribution in [2.45, 2.75) is 57.5 Å². The molecule has 1 amide bonds. The van der Waals surface area contributed by atoms with Crippen molar-refractivity contribution in [3.63, 3.8) is 0 Å². The van der Waals surface area contributed by atoms with Gasteiger partial charge in [-0.3, -0.25) is 4.18 Å². The molecule has 6 nitrogen and oxygen atoms in total. The Morgan fingerprint density at radius 2 is 1.89 bits per heavy atom. The van der Waals surface area contributed by atoms with E-state index in [4.69, 9.17) is 8.92 Å². The van der Waals surface area contributed by atoms with Crippen LogP contribution in [0.15, 0.2) is 0 Å². The summed E-state index contributed by atoms with van der Waals surface area (Å²) in [5, 5.41) is 2.39. The number of halogens is 1. The van der Waals surface area contributed by atoms with Crippen molar-refractivity contribution in [1.82, 2.24) is 5.32 Å². The summed E-state index contributed by atoms with van der Waals surface area (Å²) in [6, 6.07) is -0.790. The highest BCUT2D eigenvalue weighted by atomic mass is 32.2. The molecular formula is C11H20FNO5S. The maximum Gasteiger partial charge on any atom is 0.407 e. The third-order valence-electron chi connectivity index (χ3n) is 2.45. The first kappa shape index (κ1) is 16.2. The molecule has 19 heavy (non-hydrogen) atoms. The summed E-state index contributed by atoms with van der Waals surface area (Å²) in [5.74, 6) is 0. The average molecular weight is 297 g/mol. The lowest BCUT2D eigenvalue weighted by Crippen LogP contribution is -2.41. The van der Waals surface area contributed by atoms with Gasteiger partial charge < -0.3 is 10.1 Å². The van der Waals surface area contributed by atoms with Gasteiger partial charge in [0.2, 0.25) is 0 Å². The summed E-state index contributed by atoms with van der Waals surface area (Å²) < 4.78 is 45.3. The van der Waals surface area contributed by atoms with E-state index in [1.165, 1.54) is 0 Å². The highest BCUT2D eigenvalue weighted by Crippen LogP contribution is 2.26. The fourth-order valence-electron chi connectivity index (χ4n) is 1.88. The first-order chi connectivity index (χ1) is 8.46. The molecule has 1 fully saturated rings. The van der Waals surface area contributed by atoms with Gasteiger partial charge in [-0.25, -0.2) is 9.18 Å². The number of hydrogen-bond acceptors (Lipinski definition) is 5. The normalized spacial score (nSPS) is 28.2. The molecule has 0 bridgehead atoms. The molecule has 0 spiro atoms. The van der Waals surface area contributed by atoms with Crippen LogP contribution in [0.3, 0.4) is 0 Å². The van der Waals surface area contributed by atoms with Crippen molar-refractivity contribution in [2.24, 2.45) is 0 Å². The molecule has 0 radical (unpaired) electrons. The van der Waals surface area contributed by atoms with Gasteiger partial charge in [0.25, 0.3) is 10.1 Å². The Hall–Kier alpha value is -0.890. The lowest BCUT2D eigenvalue weighted by molar-refractivity contribution is 0.0483. The third kappa shape index (κ3) is 6.20. The molecule has 1 N–H and O–H groups in total. The second-order valence-corrected chi connectivity index (χ2v) is 7.26. The number of carbonyl (C=O) groups is 1. The van der Waals surface area contributed by atoms with E-state index in [1.807, 2.05) is 0 Å². The minimum atomic E-state index is -3.62. The quantitative estimate of drug-likeness (QED) is 0.795. The van der Waals surface area contributed by atoms with Crippen molar-refractivity contribution < 1.29 is 26.5 Å². The highest BCUT2D eigenvalue weighted by molar-refractivity contribution is 7.86. The van der Waals surface area contributed by atoms with Gasteiger partial charge in [-0.2, -0.15) is 8.42 Å². The zero-order valence-electron chi connectivity index (χ0n) is 11.5. The predicted molar refractivity (Wildman–Crippen MR) is 67.0 cm³/mol. The molecule has 0 saturated heterocycles. The second-order valence-electron chi connectivity index (χ2n) is 5.66. The highest BCUT2D eigenvalue weighted by Gasteiger charge is 2.38. The van der Waals surface area contributed by atoms with Crippen LogP contribution in [0.2, 0.25) is 0 Å². The molecule has 8 heteroatoms. The minimum absolute atomic E-state index is 0.0620. The molecule has 0 unspecified atom stereocenters. The maximum atomic E-state index is 13.7. The van der Waals surface area contributed by atoms with Crippen molar-refractivity contribution >= 4 is 16.2 Å². The van der Waals surface area contributed by atoms with E-state index in [0.29, 0.717) is 0 Å². The molecule has 0 aromatic carbocycles. The van der Waals surface area contributed by atoms with Crippen LogP contribution >= 0.6 is 0 Å². The van der Waals surface area contributed by atoms with E-state index in [9.17, 15) is 17.6 Å². The number of nitrogens with one attached hydrogen (secondary N) is 1. The maximum absolute atomic E-state index is 13.7. The fourth-order valence-corrected chi connectivity index (χ4v) is 2.53. The van der Waals surface area contributed by atoms with Crippen LogP contribution in [0.25, 0.3) is 0 Å². The Bertz CT molecular complexity index is 431. The SMILES string of the molecule is CC(C)(C)OC(=O)N[C@H]1C[C@H](OS(C)(=O)=O)C[C@@H]1F. The van der Waals surface area contributed by atoms with Crippen molar-refractivity contribution in [2.75, 3.05) is 6.26 Å². The van der Waals surface area contributed by atoms with E-state index in [1.54, 1.807) is 20.8 Å². The molecule has 1 aliphatic carbocycles. The molecule has 112 valence electrons. The summed E-state index contributed by atoms with van der Waals surface area (Å²) >= 11 is 0.